The number of carbonyl (C=O) groups excluding carboxylic acids is 2. The zero-order valence-electron chi connectivity index (χ0n) is 9.09. The van der Waals surface area contributed by atoms with Gasteiger partial charge in [0.05, 0.1) is 16.3 Å². The van der Waals surface area contributed by atoms with Crippen molar-refractivity contribution < 1.29 is 19.5 Å². The number of para-hydroxylation sites is 1. The Bertz CT molecular complexity index is 579. The van der Waals surface area contributed by atoms with Crippen LogP contribution in [0.5, 0.6) is 0 Å². The van der Waals surface area contributed by atoms with E-state index >= 15 is 0 Å². The van der Waals surface area contributed by atoms with E-state index in [1.54, 1.807) is 12.1 Å². The van der Waals surface area contributed by atoms with Crippen molar-refractivity contribution in [2.45, 2.75) is 0 Å². The van der Waals surface area contributed by atoms with Crippen LogP contribution in [0.3, 0.4) is 0 Å². The van der Waals surface area contributed by atoms with Crippen LogP contribution < -0.4 is 4.90 Å². The normalized spacial score (nSPS) is 14.4. The Morgan fingerprint density at radius 2 is 2.11 bits per heavy atom. The lowest BCUT2D eigenvalue weighted by atomic mass is 10.1. The van der Waals surface area contributed by atoms with Crippen LogP contribution in [-0.2, 0) is 9.59 Å². The lowest BCUT2D eigenvalue weighted by molar-refractivity contribution is -0.131. The summed E-state index contributed by atoms with van der Waals surface area (Å²) in [6, 6.07) is 4.67. The van der Waals surface area contributed by atoms with Crippen molar-refractivity contribution >= 4 is 34.9 Å². The molecule has 0 radical (unpaired) electrons. The average Bonchev–Trinajstić information content (AvgIpc) is 2.55. The van der Waals surface area contributed by atoms with E-state index in [-0.39, 0.29) is 17.1 Å². The van der Waals surface area contributed by atoms with Gasteiger partial charge >= 0.3 is 5.97 Å². The third-order valence-electron chi connectivity index (χ3n) is 2.49. The fourth-order valence-electron chi connectivity index (χ4n) is 1.75. The number of fused-ring (bicyclic) bond motifs is 1. The number of Topliss-reactive ketones (excluding diaryl/α,β-unsaturated/α-hetero) is 1. The SMILES string of the molecule is O=C(O)C=CCN1C(=O)C(=O)c2cccc(Cl)c21. The van der Waals surface area contributed by atoms with Crippen molar-refractivity contribution in [2.75, 3.05) is 11.4 Å². The number of nitrogens with zero attached hydrogens (tertiary/aromatic N) is 1. The number of ketones is 1. The summed E-state index contributed by atoms with van der Waals surface area (Å²) in [4.78, 5) is 34.9. The summed E-state index contributed by atoms with van der Waals surface area (Å²) in [5, 5.41) is 8.76. The molecule has 1 amide bonds. The smallest absolute Gasteiger partial charge is 0.328 e. The number of anilines is 1. The molecule has 0 bridgehead atoms. The molecule has 18 heavy (non-hydrogen) atoms. The topological polar surface area (TPSA) is 74.7 Å². The van der Waals surface area contributed by atoms with Crippen LogP contribution in [-0.4, -0.2) is 29.3 Å². The number of amides is 1. The summed E-state index contributed by atoms with van der Waals surface area (Å²) in [5.41, 5.74) is 0.584. The van der Waals surface area contributed by atoms with E-state index in [4.69, 9.17) is 16.7 Å². The molecule has 1 aliphatic rings. The summed E-state index contributed by atoms with van der Waals surface area (Å²) >= 11 is 5.95. The van der Waals surface area contributed by atoms with E-state index in [2.05, 4.69) is 0 Å². The van der Waals surface area contributed by atoms with Gasteiger partial charge in [-0.1, -0.05) is 23.7 Å². The second kappa shape index (κ2) is 4.62. The minimum Gasteiger partial charge on any atom is -0.478 e. The van der Waals surface area contributed by atoms with Gasteiger partial charge in [-0.05, 0) is 12.1 Å². The first-order valence-corrected chi connectivity index (χ1v) is 5.44. The molecule has 0 saturated carbocycles. The second-order valence-corrected chi connectivity index (χ2v) is 4.03. The van der Waals surface area contributed by atoms with Gasteiger partial charge in [0.2, 0.25) is 0 Å². The quantitative estimate of drug-likeness (QED) is 0.664. The molecule has 1 N–H and O–H groups in total. The van der Waals surface area contributed by atoms with Crippen LogP contribution in [0.1, 0.15) is 10.4 Å². The highest BCUT2D eigenvalue weighted by Crippen LogP contribution is 2.35. The van der Waals surface area contributed by atoms with E-state index in [0.717, 1.165) is 6.08 Å². The highest BCUT2D eigenvalue weighted by atomic mass is 35.5. The Morgan fingerprint density at radius 3 is 2.78 bits per heavy atom. The highest BCUT2D eigenvalue weighted by Gasteiger charge is 2.36. The van der Waals surface area contributed by atoms with Crippen LogP contribution in [0, 0.1) is 0 Å². The third kappa shape index (κ3) is 2.00. The number of hydrogen-bond donors (Lipinski definition) is 1. The molecule has 0 saturated heterocycles. The standard InChI is InChI=1S/C12H8ClNO4/c13-8-4-1-3-7-10(8)14(12(18)11(7)17)6-2-5-9(15)16/h1-5H,6H2,(H,15,16). The summed E-state index contributed by atoms with van der Waals surface area (Å²) in [5.74, 6) is -2.45. The molecule has 92 valence electrons. The summed E-state index contributed by atoms with van der Waals surface area (Å²) in [6.07, 6.45) is 2.19. The Labute approximate surface area is 107 Å². The lowest BCUT2D eigenvalue weighted by Crippen LogP contribution is -2.30. The number of carbonyl (C=O) groups is 3. The highest BCUT2D eigenvalue weighted by molar-refractivity contribution is 6.54. The molecule has 6 heteroatoms. The summed E-state index contributed by atoms with van der Waals surface area (Å²) in [6.45, 7) is -0.00634. The van der Waals surface area contributed by atoms with E-state index in [0.29, 0.717) is 5.69 Å². The molecule has 0 atom stereocenters. The van der Waals surface area contributed by atoms with Gasteiger partial charge in [0.25, 0.3) is 11.7 Å². The molecule has 2 rings (SSSR count). The first kappa shape index (κ1) is 12.3. The molecular weight excluding hydrogens is 258 g/mol. The zero-order chi connectivity index (χ0) is 13.3. The van der Waals surface area contributed by atoms with Gasteiger partial charge in [-0.2, -0.15) is 0 Å². The Kier molecular flexibility index (Phi) is 3.16. The first-order chi connectivity index (χ1) is 8.52. The van der Waals surface area contributed by atoms with Gasteiger partial charge in [0.15, 0.2) is 0 Å². The molecule has 1 aromatic carbocycles. The first-order valence-electron chi connectivity index (χ1n) is 5.06. The third-order valence-corrected chi connectivity index (χ3v) is 2.79. The molecule has 0 unspecified atom stereocenters. The van der Waals surface area contributed by atoms with E-state index in [9.17, 15) is 14.4 Å². The Hall–Kier alpha value is -2.14. The van der Waals surface area contributed by atoms with Crippen molar-refractivity contribution in [2.24, 2.45) is 0 Å². The predicted octanol–water partition coefficient (Wildman–Crippen LogP) is 1.51. The number of hydrogen-bond acceptors (Lipinski definition) is 3. The van der Waals surface area contributed by atoms with Gasteiger partial charge in [-0.3, -0.25) is 14.5 Å². The van der Waals surface area contributed by atoms with Crippen molar-refractivity contribution in [3.8, 4) is 0 Å². The second-order valence-electron chi connectivity index (χ2n) is 3.62. The number of halogens is 1. The van der Waals surface area contributed by atoms with Gasteiger partial charge < -0.3 is 5.11 Å². The molecule has 1 aromatic rings. The molecule has 5 nitrogen and oxygen atoms in total. The van der Waals surface area contributed by atoms with Gasteiger partial charge in [-0.25, -0.2) is 4.79 Å². The van der Waals surface area contributed by atoms with Crippen LogP contribution in [0.2, 0.25) is 5.02 Å². The number of carboxylic acids is 1. The molecule has 1 aliphatic heterocycles. The van der Waals surface area contributed by atoms with Crippen LogP contribution >= 0.6 is 11.6 Å². The van der Waals surface area contributed by atoms with Crippen LogP contribution in [0.4, 0.5) is 5.69 Å². The van der Waals surface area contributed by atoms with Crippen LogP contribution in [0.25, 0.3) is 0 Å². The largest absolute Gasteiger partial charge is 0.478 e. The summed E-state index contributed by atoms with van der Waals surface area (Å²) < 4.78 is 0. The maximum Gasteiger partial charge on any atom is 0.328 e. The molecule has 0 aromatic heterocycles. The number of rotatable bonds is 3. The molecular formula is C12H8ClNO4. The molecule has 0 aliphatic carbocycles. The van der Waals surface area contributed by atoms with Crippen molar-refractivity contribution in [3.05, 3.63) is 40.9 Å². The maximum absolute atomic E-state index is 11.7. The lowest BCUT2D eigenvalue weighted by Gasteiger charge is -2.14. The van der Waals surface area contributed by atoms with E-state index < -0.39 is 17.7 Å². The van der Waals surface area contributed by atoms with E-state index in [1.165, 1.54) is 17.0 Å². The maximum atomic E-state index is 11.7. The number of carboxylic acid groups (broad SMARTS) is 1. The molecule has 0 spiro atoms. The van der Waals surface area contributed by atoms with Gasteiger partial charge in [0.1, 0.15) is 0 Å². The van der Waals surface area contributed by atoms with Gasteiger partial charge in [0, 0.05) is 12.6 Å². The number of benzene rings is 1. The summed E-state index contributed by atoms with van der Waals surface area (Å²) in [7, 11) is 0. The minimum atomic E-state index is -1.12. The van der Waals surface area contributed by atoms with Gasteiger partial charge in [-0.15, -0.1) is 0 Å². The molecule has 0 fully saturated rings. The monoisotopic (exact) mass is 265 g/mol. The minimum absolute atomic E-state index is 0.00634. The Morgan fingerprint density at radius 1 is 1.39 bits per heavy atom. The number of aliphatic carboxylic acids is 1. The fourth-order valence-corrected chi connectivity index (χ4v) is 2.02. The van der Waals surface area contributed by atoms with Crippen molar-refractivity contribution in [1.82, 2.24) is 0 Å². The fraction of sp³-hybridized carbons (Fsp3) is 0.0833. The van der Waals surface area contributed by atoms with E-state index in [1.807, 2.05) is 0 Å². The average molecular weight is 266 g/mol. The predicted molar refractivity (Wildman–Crippen MR) is 64.9 cm³/mol. The molecule has 1 heterocycles. The van der Waals surface area contributed by atoms with Crippen LogP contribution in [0.15, 0.2) is 30.4 Å². The van der Waals surface area contributed by atoms with Crippen molar-refractivity contribution in [1.29, 1.82) is 0 Å². The van der Waals surface area contributed by atoms with Crippen molar-refractivity contribution in [3.63, 3.8) is 0 Å². The Balaban J connectivity index is 2.36. The zero-order valence-corrected chi connectivity index (χ0v) is 9.85.